The van der Waals surface area contributed by atoms with Gasteiger partial charge in [0.05, 0.1) is 5.03 Å². The van der Waals surface area contributed by atoms with Gasteiger partial charge in [0.1, 0.15) is 11.3 Å². The van der Waals surface area contributed by atoms with Crippen molar-refractivity contribution in [3.05, 3.63) is 54.4 Å². The minimum Gasteiger partial charge on any atom is -0.406 e. The predicted molar refractivity (Wildman–Crippen MR) is 84.7 cm³/mol. The van der Waals surface area contributed by atoms with Crippen LogP contribution in [0, 0.1) is 0 Å². The number of rotatable bonds is 4. The number of benzene rings is 1. The number of thioether (sulfide) groups is 1. The molecule has 4 nitrogen and oxygen atoms in total. The van der Waals surface area contributed by atoms with Crippen molar-refractivity contribution in [2.45, 2.75) is 23.6 Å². The highest BCUT2D eigenvalue weighted by Crippen LogP contribution is 2.35. The van der Waals surface area contributed by atoms with E-state index in [-0.39, 0.29) is 11.0 Å². The highest BCUT2D eigenvalue weighted by Gasteiger charge is 2.31. The Morgan fingerprint density at radius 3 is 2.42 bits per heavy atom. The number of fused-ring (bicyclic) bond motifs is 1. The third-order valence-electron chi connectivity index (χ3n) is 3.19. The number of nitrogens with zero attached hydrogens (tertiary/aromatic N) is 3. The van der Waals surface area contributed by atoms with E-state index in [2.05, 4.69) is 19.7 Å². The normalized spacial score (nSPS) is 13.0. The van der Waals surface area contributed by atoms with Gasteiger partial charge < -0.3 is 4.74 Å². The molecule has 124 valence electrons. The maximum Gasteiger partial charge on any atom is 0.573 e. The molecule has 0 aliphatic rings. The van der Waals surface area contributed by atoms with Crippen molar-refractivity contribution in [2.75, 3.05) is 0 Å². The Morgan fingerprint density at radius 2 is 1.71 bits per heavy atom. The first kappa shape index (κ1) is 16.5. The molecule has 0 fully saturated rings. The van der Waals surface area contributed by atoms with Crippen LogP contribution < -0.4 is 4.74 Å². The highest BCUT2D eigenvalue weighted by molar-refractivity contribution is 7.99. The number of hydrogen-bond donors (Lipinski definition) is 0. The zero-order valence-corrected chi connectivity index (χ0v) is 13.3. The quantitative estimate of drug-likeness (QED) is 0.633. The zero-order valence-electron chi connectivity index (χ0n) is 12.5. The lowest BCUT2D eigenvalue weighted by Gasteiger charge is -2.13. The van der Waals surface area contributed by atoms with Crippen LogP contribution in [0.3, 0.4) is 0 Å². The minimum atomic E-state index is -4.68. The van der Waals surface area contributed by atoms with Crippen LogP contribution in [0.5, 0.6) is 5.75 Å². The molecule has 8 heteroatoms. The van der Waals surface area contributed by atoms with Gasteiger partial charge in [0, 0.05) is 17.6 Å². The first-order chi connectivity index (χ1) is 11.4. The fraction of sp³-hybridized carbons (Fsp3) is 0.188. The van der Waals surface area contributed by atoms with Gasteiger partial charge in [-0.25, -0.2) is 9.97 Å². The second-order valence-corrected chi connectivity index (χ2v) is 6.29. The third kappa shape index (κ3) is 4.14. The topological polar surface area (TPSA) is 47.9 Å². The van der Waals surface area contributed by atoms with E-state index in [9.17, 15) is 13.2 Å². The van der Waals surface area contributed by atoms with Gasteiger partial charge in [0.15, 0.2) is 5.65 Å². The molecule has 0 amide bonds. The van der Waals surface area contributed by atoms with E-state index in [1.807, 2.05) is 19.1 Å². The van der Waals surface area contributed by atoms with Gasteiger partial charge in [-0.1, -0.05) is 23.9 Å². The van der Waals surface area contributed by atoms with Gasteiger partial charge in [0.2, 0.25) is 0 Å². The smallest absolute Gasteiger partial charge is 0.406 e. The van der Waals surface area contributed by atoms with E-state index in [4.69, 9.17) is 0 Å². The maximum absolute atomic E-state index is 12.2. The number of alkyl halides is 3. The lowest BCUT2D eigenvalue weighted by molar-refractivity contribution is -0.274. The van der Waals surface area contributed by atoms with Gasteiger partial charge in [-0.15, -0.1) is 13.2 Å². The molecule has 0 spiro atoms. The third-order valence-corrected chi connectivity index (χ3v) is 4.28. The van der Waals surface area contributed by atoms with Gasteiger partial charge >= 0.3 is 6.36 Å². The van der Waals surface area contributed by atoms with Crippen LogP contribution in [0.2, 0.25) is 0 Å². The van der Waals surface area contributed by atoms with Crippen molar-refractivity contribution in [3.8, 4) is 5.75 Å². The van der Waals surface area contributed by atoms with Gasteiger partial charge in [-0.2, -0.15) is 0 Å². The summed E-state index contributed by atoms with van der Waals surface area (Å²) >= 11 is 1.49. The molecule has 0 bridgehead atoms. The molecule has 24 heavy (non-hydrogen) atoms. The lowest BCUT2D eigenvalue weighted by atomic mass is 10.2. The molecule has 2 heterocycles. The van der Waals surface area contributed by atoms with Crippen molar-refractivity contribution in [1.29, 1.82) is 0 Å². The molecule has 0 radical (unpaired) electrons. The summed E-state index contributed by atoms with van der Waals surface area (Å²) in [6.07, 6.45) is -1.51. The summed E-state index contributed by atoms with van der Waals surface area (Å²) in [6, 6.07) is 9.52. The van der Waals surface area contributed by atoms with Crippen LogP contribution in [-0.2, 0) is 0 Å². The van der Waals surface area contributed by atoms with Gasteiger partial charge in [0.25, 0.3) is 0 Å². The van der Waals surface area contributed by atoms with Crippen molar-refractivity contribution in [2.24, 2.45) is 0 Å². The fourth-order valence-electron chi connectivity index (χ4n) is 2.09. The Morgan fingerprint density at radius 1 is 1.00 bits per heavy atom. The first-order valence-corrected chi connectivity index (χ1v) is 7.89. The largest absolute Gasteiger partial charge is 0.573 e. The second kappa shape index (κ2) is 6.64. The Balaban J connectivity index is 1.72. The molecule has 2 aromatic heterocycles. The summed E-state index contributed by atoms with van der Waals surface area (Å²) in [4.78, 5) is 12.7. The molecule has 0 saturated carbocycles. The lowest BCUT2D eigenvalue weighted by Crippen LogP contribution is -2.17. The summed E-state index contributed by atoms with van der Waals surface area (Å²) in [5.41, 5.74) is 2.14. The van der Waals surface area contributed by atoms with Crippen molar-refractivity contribution >= 4 is 22.9 Å². The monoisotopic (exact) mass is 351 g/mol. The molecular weight excluding hydrogens is 339 g/mol. The van der Waals surface area contributed by atoms with E-state index in [1.54, 1.807) is 24.5 Å². The standard InChI is InChI=1S/C16H12F3N3OS/c1-10(11-2-4-12(5-3-11)23-16(17,18)19)24-14-7-6-13-15(22-14)21-9-8-20-13/h2-10H,1H3. The Kier molecular flexibility index (Phi) is 4.57. The zero-order chi connectivity index (χ0) is 17.2. The van der Waals surface area contributed by atoms with Crippen LogP contribution >= 0.6 is 11.8 Å². The molecule has 0 saturated heterocycles. The molecular formula is C16H12F3N3OS. The number of ether oxygens (including phenoxy) is 1. The summed E-state index contributed by atoms with van der Waals surface area (Å²) in [7, 11) is 0. The molecule has 0 aliphatic carbocycles. The molecule has 1 atom stereocenters. The number of aromatic nitrogens is 3. The fourth-order valence-corrected chi connectivity index (χ4v) is 3.03. The Bertz CT molecular complexity index is 840. The van der Waals surface area contributed by atoms with E-state index in [1.165, 1.54) is 23.9 Å². The Hall–Kier alpha value is -2.35. The molecule has 0 N–H and O–H groups in total. The van der Waals surface area contributed by atoms with E-state index >= 15 is 0 Å². The van der Waals surface area contributed by atoms with Crippen LogP contribution in [0.1, 0.15) is 17.7 Å². The van der Waals surface area contributed by atoms with Crippen LogP contribution in [0.4, 0.5) is 13.2 Å². The summed E-state index contributed by atoms with van der Waals surface area (Å²) in [5.74, 6) is -0.234. The van der Waals surface area contributed by atoms with Crippen LogP contribution in [0.25, 0.3) is 11.2 Å². The minimum absolute atomic E-state index is 0.00607. The average molecular weight is 351 g/mol. The van der Waals surface area contributed by atoms with Crippen molar-refractivity contribution < 1.29 is 17.9 Å². The summed E-state index contributed by atoms with van der Waals surface area (Å²) < 4.78 is 40.4. The second-order valence-electron chi connectivity index (χ2n) is 4.93. The highest BCUT2D eigenvalue weighted by atomic mass is 32.2. The van der Waals surface area contributed by atoms with Gasteiger partial charge in [-0.05, 0) is 36.8 Å². The number of pyridine rings is 1. The molecule has 3 aromatic rings. The van der Waals surface area contributed by atoms with Crippen molar-refractivity contribution in [1.82, 2.24) is 15.0 Å². The van der Waals surface area contributed by atoms with Crippen LogP contribution in [-0.4, -0.2) is 21.3 Å². The first-order valence-electron chi connectivity index (χ1n) is 7.01. The predicted octanol–water partition coefficient (Wildman–Crippen LogP) is 4.78. The summed E-state index contributed by atoms with van der Waals surface area (Å²) in [6.45, 7) is 1.95. The summed E-state index contributed by atoms with van der Waals surface area (Å²) in [5, 5.41) is 0.776. The molecule has 1 aromatic carbocycles. The molecule has 3 rings (SSSR count). The van der Waals surface area contributed by atoms with Gasteiger partial charge in [-0.3, -0.25) is 4.98 Å². The van der Waals surface area contributed by atoms with Crippen LogP contribution in [0.15, 0.2) is 53.8 Å². The number of halogens is 3. The average Bonchev–Trinajstić information content (AvgIpc) is 2.54. The van der Waals surface area contributed by atoms with E-state index in [0.717, 1.165) is 10.6 Å². The molecule has 1 unspecified atom stereocenters. The number of hydrogen-bond acceptors (Lipinski definition) is 5. The van der Waals surface area contributed by atoms with E-state index < -0.39 is 6.36 Å². The SMILES string of the molecule is CC(Sc1ccc2nccnc2n1)c1ccc(OC(F)(F)F)cc1. The van der Waals surface area contributed by atoms with Crippen molar-refractivity contribution in [3.63, 3.8) is 0 Å². The maximum atomic E-state index is 12.2. The molecule has 0 aliphatic heterocycles. The Labute approximate surface area is 140 Å². The van der Waals surface area contributed by atoms with E-state index in [0.29, 0.717) is 11.2 Å².